The molecule has 0 spiro atoms. The largest absolute Gasteiger partial charge is 0.870 e. The van der Waals surface area contributed by atoms with Crippen molar-refractivity contribution in [2.75, 3.05) is 26.4 Å². The van der Waals surface area contributed by atoms with Crippen LogP contribution in [-0.4, -0.2) is 122 Å². The summed E-state index contributed by atoms with van der Waals surface area (Å²) in [5.74, 6) is 3.85. The van der Waals surface area contributed by atoms with Crippen LogP contribution in [0.25, 0.3) is 0 Å². The highest BCUT2D eigenvalue weighted by Gasteiger charge is 2.45. The van der Waals surface area contributed by atoms with E-state index >= 15 is 0 Å². The third kappa shape index (κ3) is 37.7. The average Bonchev–Trinajstić information content (AvgIpc) is 3.09. The summed E-state index contributed by atoms with van der Waals surface area (Å²) < 4.78 is 55.0. The van der Waals surface area contributed by atoms with E-state index in [0.29, 0.717) is 31.0 Å². The number of esters is 1. The van der Waals surface area contributed by atoms with E-state index in [1.165, 1.54) is 12.2 Å². The van der Waals surface area contributed by atoms with Gasteiger partial charge in [-0.3, -0.25) is 0 Å². The second-order valence-electron chi connectivity index (χ2n) is 20.3. The predicted molar refractivity (Wildman–Crippen MR) is 285 cm³/mol. The number of benzene rings is 1. The zero-order valence-electron chi connectivity index (χ0n) is 43.3. The van der Waals surface area contributed by atoms with Crippen LogP contribution in [0.3, 0.4) is 0 Å². The number of aliphatic carboxylic acids is 1. The Kier molecular flexibility index (Phi) is 32.0. The van der Waals surface area contributed by atoms with E-state index < -0.39 is 79.5 Å². The molecule has 0 heterocycles. The Morgan fingerprint density at radius 2 is 1.06 bits per heavy atom. The summed E-state index contributed by atoms with van der Waals surface area (Å²) in [4.78, 5) is 22.0. The lowest BCUT2D eigenvalue weighted by Crippen LogP contribution is -2.56. The third-order valence-corrected chi connectivity index (χ3v) is 34.6. The Morgan fingerprint density at radius 1 is 0.636 bits per heavy atom. The highest BCUT2D eigenvalue weighted by molar-refractivity contribution is 6.90. The minimum Gasteiger partial charge on any atom is -0.870 e. The molecule has 2 rings (SSSR count). The van der Waals surface area contributed by atoms with Gasteiger partial charge in [0.1, 0.15) is 31.5 Å². The molecule has 1 aliphatic carbocycles. The van der Waals surface area contributed by atoms with Crippen molar-refractivity contribution in [3.63, 3.8) is 0 Å². The fourth-order valence-electron chi connectivity index (χ4n) is 6.62. The summed E-state index contributed by atoms with van der Waals surface area (Å²) in [6.45, 7) is 41.0. The van der Waals surface area contributed by atoms with Crippen LogP contribution in [0, 0.1) is 30.4 Å². The van der Waals surface area contributed by atoms with Crippen molar-refractivity contribution in [1.82, 2.24) is 0 Å². The molecule has 1 aliphatic rings. The van der Waals surface area contributed by atoms with E-state index in [1.54, 1.807) is 36.4 Å². The maximum atomic E-state index is 11.8. The third-order valence-electron chi connectivity index (χ3n) is 7.46. The normalized spacial score (nSPS) is 14.5. The van der Waals surface area contributed by atoms with E-state index in [4.69, 9.17) is 50.4 Å². The van der Waals surface area contributed by atoms with E-state index in [0.717, 1.165) is 24.9 Å². The lowest BCUT2D eigenvalue weighted by Gasteiger charge is -2.41. The number of ether oxygens (including phenoxy) is 3. The average molecular weight is 1060 g/mol. The number of allylic oxidation sites excluding steroid dienone is 4. The molecule has 0 aliphatic heterocycles. The Morgan fingerprint density at radius 3 is 1.41 bits per heavy atom. The van der Waals surface area contributed by atoms with Crippen LogP contribution in [0.15, 0.2) is 60.2 Å². The molecule has 0 saturated heterocycles. The SMILES string of the molecule is C#CCOCCC[Si](C)(O[Si](C)(C)C)O[Si](C)(C)O[Si](C)(C)C.C[Si](C)(C)O[Si](C)(C)O[Si](C)(CCCOCC#COC(=O)c1ccccc1)O[Si](C)(C)C.O.O=C(O)C1=CC=[C+]C=C1.[OH-]. The molecule has 0 aromatic heterocycles. The number of carboxylic acid groups (broad SMARTS) is 1. The summed E-state index contributed by atoms with van der Waals surface area (Å²) in [6.07, 6.45) is 18.2. The van der Waals surface area contributed by atoms with Gasteiger partial charge in [0.2, 0.25) is 0 Å². The minimum atomic E-state index is -2.41. The Labute approximate surface area is 407 Å². The van der Waals surface area contributed by atoms with Crippen LogP contribution in [0.5, 0.6) is 0 Å². The molecule has 2 unspecified atom stereocenters. The van der Waals surface area contributed by atoms with Crippen molar-refractivity contribution in [2.24, 2.45) is 0 Å². The first-order chi connectivity index (χ1) is 29.1. The number of terminal acetylenes is 1. The first kappa shape index (κ1) is 68.0. The second-order valence-corrected chi connectivity index (χ2v) is 53.2. The Balaban J connectivity index is -0.00000101. The molecule has 0 fully saturated rings. The predicted octanol–water partition coefficient (Wildman–Crippen LogP) is 10.1. The smallest absolute Gasteiger partial charge is 0.363 e. The van der Waals surface area contributed by atoms with Gasteiger partial charge in [0, 0.05) is 19.3 Å². The molecule has 22 heteroatoms. The quantitative estimate of drug-likeness (QED) is 0.0338. The van der Waals surface area contributed by atoms with Gasteiger partial charge >= 0.3 is 46.2 Å². The van der Waals surface area contributed by atoms with Crippen LogP contribution < -0.4 is 0 Å². The first-order valence-electron chi connectivity index (χ1n) is 21.8. The molecule has 14 nitrogen and oxygen atoms in total. The van der Waals surface area contributed by atoms with Crippen molar-refractivity contribution < 1.29 is 64.5 Å². The van der Waals surface area contributed by atoms with Crippen molar-refractivity contribution in [1.29, 1.82) is 0 Å². The fraction of sp³-hybridized carbons (Fsp3) is 0.591. The molecule has 376 valence electrons. The molecule has 0 amide bonds. The van der Waals surface area contributed by atoms with Crippen LogP contribution >= 0.6 is 0 Å². The van der Waals surface area contributed by atoms with Crippen LogP contribution in [0.4, 0.5) is 0 Å². The number of hydrogen-bond donors (Lipinski definition) is 1. The summed E-state index contributed by atoms with van der Waals surface area (Å²) in [5.41, 5.74) is 0.771. The molecule has 0 saturated carbocycles. The maximum Gasteiger partial charge on any atom is 0.363 e. The van der Waals surface area contributed by atoms with Gasteiger partial charge in [-0.05, 0) is 161 Å². The molecule has 66 heavy (non-hydrogen) atoms. The summed E-state index contributed by atoms with van der Waals surface area (Å²) in [5, 5.41) is 8.37. The van der Waals surface area contributed by atoms with Crippen LogP contribution in [0.1, 0.15) is 23.2 Å². The van der Waals surface area contributed by atoms with Gasteiger partial charge in [0.05, 0.1) is 17.7 Å². The van der Waals surface area contributed by atoms with Gasteiger partial charge < -0.3 is 55.0 Å². The highest BCUT2D eigenvalue weighted by Crippen LogP contribution is 2.29. The number of hydrogen-bond acceptors (Lipinski definition) is 12. The first-order valence-corrected chi connectivity index (χ1v) is 46.1. The molecular weight excluding hydrogens is 977 g/mol. The van der Waals surface area contributed by atoms with E-state index in [1.807, 2.05) is 6.07 Å². The Hall–Kier alpha value is -2.25. The second kappa shape index (κ2) is 31.1. The van der Waals surface area contributed by atoms with Crippen LogP contribution in [0.2, 0.25) is 130 Å². The molecule has 2 atom stereocenters. The number of carbonyl (C=O) groups is 2. The van der Waals surface area contributed by atoms with Crippen molar-refractivity contribution in [3.05, 3.63) is 71.8 Å². The highest BCUT2D eigenvalue weighted by atomic mass is 28.5. The topological polar surface area (TPSA) is 199 Å². The van der Waals surface area contributed by atoms with Gasteiger partial charge in [-0.25, -0.2) is 9.59 Å². The molecule has 0 bridgehead atoms. The molecule has 0 radical (unpaired) electrons. The summed E-state index contributed by atoms with van der Waals surface area (Å²) >= 11 is 0. The van der Waals surface area contributed by atoms with Crippen LogP contribution in [-0.2, 0) is 43.7 Å². The van der Waals surface area contributed by atoms with E-state index in [9.17, 15) is 9.59 Å². The van der Waals surface area contributed by atoms with E-state index in [2.05, 4.69) is 142 Å². The van der Waals surface area contributed by atoms with E-state index in [-0.39, 0.29) is 17.6 Å². The van der Waals surface area contributed by atoms with Gasteiger partial charge in [0.25, 0.3) is 0 Å². The van der Waals surface area contributed by atoms with Gasteiger partial charge in [-0.2, -0.15) is 0 Å². The molecule has 1 aromatic rings. The zero-order valence-corrected chi connectivity index (χ0v) is 51.3. The van der Waals surface area contributed by atoms with Gasteiger partial charge in [-0.1, -0.05) is 24.1 Å². The number of carbonyl (C=O) groups excluding carboxylic acids is 1. The number of carboxylic acids is 1. The Bertz CT molecular complexity index is 1770. The van der Waals surface area contributed by atoms with Gasteiger partial charge in [0.15, 0.2) is 38.8 Å². The molecule has 4 N–H and O–H groups in total. The molecule has 1 aromatic carbocycles. The van der Waals surface area contributed by atoms with Gasteiger partial charge in [-0.15, -0.1) is 6.42 Å². The monoisotopic (exact) mass is 1060 g/mol. The number of rotatable bonds is 24. The van der Waals surface area contributed by atoms with Crippen molar-refractivity contribution >= 4 is 79.5 Å². The summed E-state index contributed by atoms with van der Waals surface area (Å²) in [7, 11) is -16.0. The van der Waals surface area contributed by atoms with Crippen molar-refractivity contribution in [3.8, 4) is 24.4 Å². The molecular formula is C44H84O14Si8. The summed E-state index contributed by atoms with van der Waals surface area (Å²) in [6, 6.07) is 10.5. The lowest BCUT2D eigenvalue weighted by atomic mass is 10.2. The zero-order chi connectivity index (χ0) is 49.5. The minimum absolute atomic E-state index is 0. The maximum absolute atomic E-state index is 11.8. The standard InChI is InChI=1S/C22H40O6Si4.C15H36O4Si4.C7H4O2.2H2O/c1-29(2,3)26-31(7,8)28-32(9,27-30(4,5)6)20-14-18-24-17-13-19-25-22(23)21-15-11-10-12-16-21;1-11-13-16-14-12-15-23(10,18-21(5,6)7)19-22(8,9)17-20(2,3)4;8-7(9)6-4-2-1-3-5-6;;/h10-12,15-16H,14,17-18,20H2,1-9H3;1H,12-15H2,2-10H3;2-5H;2*1H2. The fourth-order valence-corrected chi connectivity index (χ4v) is 42.5. The van der Waals surface area contributed by atoms with Crippen molar-refractivity contribution in [2.45, 2.75) is 143 Å². The lowest BCUT2D eigenvalue weighted by molar-refractivity contribution is -0.132.